The Balaban J connectivity index is 2.50. The first-order chi connectivity index (χ1) is 9.13. The van der Waals surface area contributed by atoms with E-state index in [1.54, 1.807) is 31.2 Å². The van der Waals surface area contributed by atoms with Crippen LogP contribution in [0.2, 0.25) is 0 Å². The molecule has 0 unspecified atom stereocenters. The molecular formula is C14H10N2O3. The van der Waals surface area contributed by atoms with Gasteiger partial charge >= 0.3 is 5.97 Å². The van der Waals surface area contributed by atoms with Crippen molar-refractivity contribution in [2.75, 3.05) is 0 Å². The Bertz CT molecular complexity index is 675. The van der Waals surface area contributed by atoms with Gasteiger partial charge in [-0.3, -0.25) is 0 Å². The third-order valence-electron chi connectivity index (χ3n) is 2.53. The Morgan fingerprint density at radius 2 is 2.16 bits per heavy atom. The molecule has 0 atom stereocenters. The van der Waals surface area contributed by atoms with Crippen molar-refractivity contribution < 1.29 is 14.6 Å². The number of pyridine rings is 1. The molecular weight excluding hydrogens is 244 g/mol. The third kappa shape index (κ3) is 2.53. The number of carboxylic acids is 1. The molecule has 0 radical (unpaired) electrons. The second-order valence-corrected chi connectivity index (χ2v) is 3.82. The first-order valence-electron chi connectivity index (χ1n) is 5.49. The van der Waals surface area contributed by atoms with Crippen LogP contribution in [0.3, 0.4) is 0 Å². The molecule has 0 fully saturated rings. The topological polar surface area (TPSA) is 83.2 Å². The SMILES string of the molecule is Cc1cccc(C(=O)O)c1Oc1cccnc1C#N. The monoisotopic (exact) mass is 254 g/mol. The molecule has 0 spiro atoms. The van der Waals surface area contributed by atoms with E-state index >= 15 is 0 Å². The van der Waals surface area contributed by atoms with Crippen LogP contribution < -0.4 is 4.74 Å². The molecule has 0 aliphatic rings. The number of ether oxygens (including phenoxy) is 1. The Hall–Kier alpha value is -2.87. The largest absolute Gasteiger partial charge is 0.478 e. The Morgan fingerprint density at radius 3 is 2.84 bits per heavy atom. The van der Waals surface area contributed by atoms with Crippen LogP contribution >= 0.6 is 0 Å². The molecule has 5 nitrogen and oxygen atoms in total. The molecule has 0 saturated carbocycles. The van der Waals surface area contributed by atoms with E-state index in [1.807, 2.05) is 6.07 Å². The zero-order valence-electron chi connectivity index (χ0n) is 10.1. The van der Waals surface area contributed by atoms with Gasteiger partial charge in [0, 0.05) is 6.20 Å². The lowest BCUT2D eigenvalue weighted by molar-refractivity contribution is 0.0694. The highest BCUT2D eigenvalue weighted by molar-refractivity contribution is 5.91. The van der Waals surface area contributed by atoms with Gasteiger partial charge in [0.15, 0.2) is 11.4 Å². The smallest absolute Gasteiger partial charge is 0.339 e. The van der Waals surface area contributed by atoms with Crippen LogP contribution in [0.25, 0.3) is 0 Å². The molecule has 2 aromatic rings. The number of hydrogen-bond acceptors (Lipinski definition) is 4. The fourth-order valence-corrected chi connectivity index (χ4v) is 1.62. The molecule has 0 saturated heterocycles. The number of hydrogen-bond donors (Lipinski definition) is 1. The molecule has 94 valence electrons. The molecule has 0 bridgehead atoms. The number of rotatable bonds is 3. The van der Waals surface area contributed by atoms with Gasteiger partial charge in [0.05, 0.1) is 0 Å². The summed E-state index contributed by atoms with van der Waals surface area (Å²) in [6.45, 7) is 1.74. The molecule has 1 aromatic carbocycles. The van der Waals surface area contributed by atoms with E-state index in [0.29, 0.717) is 5.56 Å². The number of aromatic carboxylic acids is 1. The second kappa shape index (κ2) is 5.19. The van der Waals surface area contributed by atoms with Crippen molar-refractivity contribution in [1.82, 2.24) is 4.98 Å². The van der Waals surface area contributed by atoms with Crippen LogP contribution in [0.5, 0.6) is 11.5 Å². The van der Waals surface area contributed by atoms with E-state index in [-0.39, 0.29) is 22.8 Å². The summed E-state index contributed by atoms with van der Waals surface area (Å²) in [4.78, 5) is 15.0. The van der Waals surface area contributed by atoms with Crippen LogP contribution in [-0.2, 0) is 0 Å². The average Bonchev–Trinajstić information content (AvgIpc) is 2.41. The van der Waals surface area contributed by atoms with Crippen LogP contribution in [0.1, 0.15) is 21.6 Å². The number of benzene rings is 1. The number of carbonyl (C=O) groups is 1. The van der Waals surface area contributed by atoms with Gasteiger partial charge in [0.2, 0.25) is 0 Å². The van der Waals surface area contributed by atoms with Crippen molar-refractivity contribution in [2.24, 2.45) is 0 Å². The lowest BCUT2D eigenvalue weighted by Crippen LogP contribution is -2.02. The first-order valence-corrected chi connectivity index (χ1v) is 5.49. The van der Waals surface area contributed by atoms with Gasteiger partial charge in [-0.15, -0.1) is 0 Å². The van der Waals surface area contributed by atoms with Crippen LogP contribution in [0.15, 0.2) is 36.5 Å². The summed E-state index contributed by atoms with van der Waals surface area (Å²) in [5, 5.41) is 18.1. The maximum absolute atomic E-state index is 11.2. The van der Waals surface area contributed by atoms with Gasteiger partial charge in [0.25, 0.3) is 0 Å². The fraction of sp³-hybridized carbons (Fsp3) is 0.0714. The molecule has 0 aliphatic heterocycles. The number of aromatic nitrogens is 1. The lowest BCUT2D eigenvalue weighted by Gasteiger charge is -2.11. The van der Waals surface area contributed by atoms with E-state index in [2.05, 4.69) is 4.98 Å². The van der Waals surface area contributed by atoms with E-state index in [4.69, 9.17) is 15.1 Å². The van der Waals surface area contributed by atoms with E-state index in [9.17, 15) is 4.79 Å². The van der Waals surface area contributed by atoms with Crippen molar-refractivity contribution in [1.29, 1.82) is 5.26 Å². The minimum absolute atomic E-state index is 0.0488. The Labute approximate surface area is 109 Å². The predicted molar refractivity (Wildman–Crippen MR) is 67.2 cm³/mol. The highest BCUT2D eigenvalue weighted by Gasteiger charge is 2.15. The number of nitrogens with zero attached hydrogens (tertiary/aromatic N) is 2. The lowest BCUT2D eigenvalue weighted by atomic mass is 10.1. The summed E-state index contributed by atoms with van der Waals surface area (Å²) in [7, 11) is 0. The molecule has 19 heavy (non-hydrogen) atoms. The van der Waals surface area contributed by atoms with Gasteiger partial charge in [-0.2, -0.15) is 5.26 Å². The van der Waals surface area contributed by atoms with Crippen LogP contribution in [0.4, 0.5) is 0 Å². The number of para-hydroxylation sites is 1. The van der Waals surface area contributed by atoms with Gasteiger partial charge in [-0.1, -0.05) is 12.1 Å². The standard InChI is InChI=1S/C14H10N2O3/c1-9-4-2-5-10(14(17)18)13(9)19-12-6-3-7-16-11(12)8-15/h2-7H,1H3,(H,17,18). The summed E-state index contributed by atoms with van der Waals surface area (Å²) >= 11 is 0. The zero-order valence-corrected chi connectivity index (χ0v) is 10.1. The quantitative estimate of drug-likeness (QED) is 0.910. The summed E-state index contributed by atoms with van der Waals surface area (Å²) in [6.07, 6.45) is 1.47. The van der Waals surface area contributed by atoms with Gasteiger partial charge in [0.1, 0.15) is 17.4 Å². The molecule has 1 heterocycles. The normalized spacial score (nSPS) is 9.68. The van der Waals surface area contributed by atoms with Crippen molar-refractivity contribution >= 4 is 5.97 Å². The van der Waals surface area contributed by atoms with Crippen molar-refractivity contribution in [3.05, 3.63) is 53.3 Å². The van der Waals surface area contributed by atoms with Gasteiger partial charge < -0.3 is 9.84 Å². The maximum Gasteiger partial charge on any atom is 0.339 e. The number of nitriles is 1. The van der Waals surface area contributed by atoms with E-state index in [0.717, 1.165) is 0 Å². The Kier molecular flexibility index (Phi) is 3.44. The van der Waals surface area contributed by atoms with Gasteiger partial charge in [-0.05, 0) is 30.7 Å². The minimum Gasteiger partial charge on any atom is -0.478 e. The first kappa shape index (κ1) is 12.6. The average molecular weight is 254 g/mol. The summed E-state index contributed by atoms with van der Waals surface area (Å²) in [5.74, 6) is -0.623. The molecule has 1 aromatic heterocycles. The number of carboxylic acid groups (broad SMARTS) is 1. The van der Waals surface area contributed by atoms with E-state index < -0.39 is 5.97 Å². The highest BCUT2D eigenvalue weighted by atomic mass is 16.5. The van der Waals surface area contributed by atoms with Crippen molar-refractivity contribution in [2.45, 2.75) is 6.92 Å². The van der Waals surface area contributed by atoms with Crippen molar-refractivity contribution in [3.63, 3.8) is 0 Å². The molecule has 1 N–H and O–H groups in total. The Morgan fingerprint density at radius 1 is 1.37 bits per heavy atom. The second-order valence-electron chi connectivity index (χ2n) is 3.82. The van der Waals surface area contributed by atoms with E-state index in [1.165, 1.54) is 12.3 Å². The molecule has 5 heteroatoms. The van der Waals surface area contributed by atoms with Crippen molar-refractivity contribution in [3.8, 4) is 17.6 Å². The zero-order chi connectivity index (χ0) is 13.8. The van der Waals surface area contributed by atoms with Crippen LogP contribution in [-0.4, -0.2) is 16.1 Å². The van der Waals surface area contributed by atoms with Crippen LogP contribution in [0, 0.1) is 18.3 Å². The summed E-state index contributed by atoms with van der Waals surface area (Å²) in [5.41, 5.74) is 0.836. The maximum atomic E-state index is 11.2. The summed E-state index contributed by atoms with van der Waals surface area (Å²) < 4.78 is 5.56. The third-order valence-corrected chi connectivity index (χ3v) is 2.53. The molecule has 0 aliphatic carbocycles. The molecule has 0 amide bonds. The predicted octanol–water partition coefficient (Wildman–Crippen LogP) is 2.75. The minimum atomic E-state index is -1.08. The highest BCUT2D eigenvalue weighted by Crippen LogP contribution is 2.30. The molecule has 2 rings (SSSR count). The summed E-state index contributed by atoms with van der Waals surface area (Å²) in [6, 6.07) is 9.92. The van der Waals surface area contributed by atoms with Gasteiger partial charge in [-0.25, -0.2) is 9.78 Å². The number of aryl methyl sites for hydroxylation is 1. The fourth-order valence-electron chi connectivity index (χ4n) is 1.62.